The monoisotopic (exact) mass is 414 g/mol. The first-order valence-corrected chi connectivity index (χ1v) is 10.8. The lowest BCUT2D eigenvalue weighted by Gasteiger charge is -2.31. The number of halogens is 1. The van der Waals surface area contributed by atoms with Crippen LogP contribution in [0, 0.1) is 0 Å². The molecule has 29 heavy (non-hydrogen) atoms. The Hall–Kier alpha value is -2.33. The van der Waals surface area contributed by atoms with Crippen LogP contribution in [0.15, 0.2) is 54.6 Å². The molecule has 0 aliphatic rings. The van der Waals surface area contributed by atoms with Gasteiger partial charge in [-0.25, -0.2) is 0 Å². The lowest BCUT2D eigenvalue weighted by molar-refractivity contribution is -0.141. The summed E-state index contributed by atoms with van der Waals surface area (Å²) in [6, 6.07) is 16.7. The van der Waals surface area contributed by atoms with E-state index in [1.807, 2.05) is 61.5 Å². The van der Waals surface area contributed by atoms with Crippen LogP contribution in [0.5, 0.6) is 0 Å². The van der Waals surface area contributed by atoms with Crippen molar-refractivity contribution in [1.29, 1.82) is 0 Å². The van der Waals surface area contributed by atoms with Crippen LogP contribution >= 0.6 is 11.6 Å². The summed E-state index contributed by atoms with van der Waals surface area (Å²) in [5.41, 5.74) is 1.95. The molecule has 1 unspecified atom stereocenters. The largest absolute Gasteiger partial charge is 0.354 e. The van der Waals surface area contributed by atoms with Gasteiger partial charge < -0.3 is 10.2 Å². The molecule has 0 radical (unpaired) electrons. The third kappa shape index (κ3) is 7.54. The zero-order valence-electron chi connectivity index (χ0n) is 17.4. The highest BCUT2D eigenvalue weighted by Gasteiger charge is 2.29. The maximum atomic E-state index is 13.1. The Kier molecular flexibility index (Phi) is 9.72. The molecular formula is C24H31ClN2O2. The van der Waals surface area contributed by atoms with Crippen molar-refractivity contribution in [3.63, 3.8) is 0 Å². The number of benzene rings is 2. The minimum atomic E-state index is -0.563. The molecular weight excluding hydrogens is 384 g/mol. The Balaban J connectivity index is 2.32. The minimum Gasteiger partial charge on any atom is -0.354 e. The first kappa shape index (κ1) is 23.0. The van der Waals surface area contributed by atoms with Gasteiger partial charge in [0.25, 0.3) is 0 Å². The number of hydrogen-bond donors (Lipinski definition) is 1. The Bertz CT molecular complexity index is 779. The normalized spacial score (nSPS) is 11.7. The minimum absolute atomic E-state index is 0.0148. The average molecular weight is 415 g/mol. The van der Waals surface area contributed by atoms with E-state index in [-0.39, 0.29) is 11.8 Å². The maximum absolute atomic E-state index is 13.1. The molecule has 0 heterocycles. The Labute approximate surface area is 179 Å². The fourth-order valence-corrected chi connectivity index (χ4v) is 3.46. The summed E-state index contributed by atoms with van der Waals surface area (Å²) >= 11 is 6.14. The van der Waals surface area contributed by atoms with Crippen molar-refractivity contribution in [3.05, 3.63) is 70.7 Å². The molecule has 0 saturated carbocycles. The fourth-order valence-electron chi connectivity index (χ4n) is 3.25. The van der Waals surface area contributed by atoms with E-state index in [0.29, 0.717) is 31.0 Å². The van der Waals surface area contributed by atoms with Crippen molar-refractivity contribution in [2.24, 2.45) is 0 Å². The number of hydrogen-bond acceptors (Lipinski definition) is 2. The van der Waals surface area contributed by atoms with Gasteiger partial charge in [-0.15, -0.1) is 0 Å². The second kappa shape index (κ2) is 12.3. The van der Waals surface area contributed by atoms with E-state index in [0.717, 1.165) is 30.4 Å². The van der Waals surface area contributed by atoms with E-state index in [1.54, 1.807) is 4.90 Å². The lowest BCUT2D eigenvalue weighted by atomic mass is 10.0. The van der Waals surface area contributed by atoms with Crippen LogP contribution in [0.4, 0.5) is 0 Å². The molecule has 2 rings (SSSR count). The van der Waals surface area contributed by atoms with Gasteiger partial charge in [0.1, 0.15) is 6.04 Å². The lowest BCUT2D eigenvalue weighted by Crippen LogP contribution is -2.50. The first-order chi connectivity index (χ1) is 14.0. The van der Waals surface area contributed by atoms with Crippen molar-refractivity contribution in [2.75, 3.05) is 6.54 Å². The van der Waals surface area contributed by atoms with Crippen molar-refractivity contribution in [2.45, 2.75) is 58.5 Å². The van der Waals surface area contributed by atoms with Gasteiger partial charge in [-0.2, -0.15) is 0 Å². The van der Waals surface area contributed by atoms with Crippen LogP contribution in [0.1, 0.15) is 50.7 Å². The molecule has 0 saturated heterocycles. The summed E-state index contributed by atoms with van der Waals surface area (Å²) in [5, 5.41) is 3.64. The standard InChI is InChI=1S/C24H31ClN2O2/c1-3-5-15-26-24(29)22(17-19-11-7-6-8-12-19)27(23(28)10-4-2)18-20-13-9-14-21(25)16-20/h6-9,11-14,16,22H,3-5,10,15,17-18H2,1-2H3,(H,26,29). The van der Waals surface area contributed by atoms with Crippen LogP contribution < -0.4 is 5.32 Å². The predicted molar refractivity (Wildman–Crippen MR) is 119 cm³/mol. The number of carbonyl (C=O) groups excluding carboxylic acids is 2. The zero-order chi connectivity index (χ0) is 21.1. The highest BCUT2D eigenvalue weighted by molar-refractivity contribution is 6.30. The van der Waals surface area contributed by atoms with Gasteiger partial charge in [0, 0.05) is 31.0 Å². The molecule has 0 fully saturated rings. The van der Waals surface area contributed by atoms with Gasteiger partial charge in [0.05, 0.1) is 0 Å². The summed E-state index contributed by atoms with van der Waals surface area (Å²) in [6.07, 6.45) is 3.55. The van der Waals surface area contributed by atoms with E-state index < -0.39 is 6.04 Å². The van der Waals surface area contributed by atoms with Gasteiger partial charge in [-0.3, -0.25) is 9.59 Å². The topological polar surface area (TPSA) is 49.4 Å². The van der Waals surface area contributed by atoms with Crippen molar-refractivity contribution in [1.82, 2.24) is 10.2 Å². The van der Waals surface area contributed by atoms with Gasteiger partial charge in [-0.05, 0) is 36.1 Å². The number of amides is 2. The summed E-state index contributed by atoms with van der Waals surface area (Å²) in [5.74, 6) is -0.118. The van der Waals surface area contributed by atoms with E-state index in [4.69, 9.17) is 11.6 Å². The summed E-state index contributed by atoms with van der Waals surface area (Å²) < 4.78 is 0. The molecule has 2 aromatic carbocycles. The number of unbranched alkanes of at least 4 members (excludes halogenated alkanes) is 1. The smallest absolute Gasteiger partial charge is 0.243 e. The van der Waals surface area contributed by atoms with E-state index in [1.165, 1.54) is 0 Å². The van der Waals surface area contributed by atoms with E-state index >= 15 is 0 Å². The molecule has 2 aromatic rings. The molecule has 0 aliphatic carbocycles. The number of rotatable bonds is 11. The van der Waals surface area contributed by atoms with Crippen LogP contribution in [-0.2, 0) is 22.6 Å². The summed E-state index contributed by atoms with van der Waals surface area (Å²) in [7, 11) is 0. The fraction of sp³-hybridized carbons (Fsp3) is 0.417. The quantitative estimate of drug-likeness (QED) is 0.526. The third-order valence-electron chi connectivity index (χ3n) is 4.81. The van der Waals surface area contributed by atoms with Gasteiger partial charge in [0.15, 0.2) is 0 Å². The molecule has 156 valence electrons. The van der Waals surface area contributed by atoms with Gasteiger partial charge in [0.2, 0.25) is 11.8 Å². The molecule has 0 aromatic heterocycles. The highest BCUT2D eigenvalue weighted by atomic mass is 35.5. The second-order valence-corrected chi connectivity index (χ2v) is 7.69. The molecule has 2 amide bonds. The molecule has 4 nitrogen and oxygen atoms in total. The molecule has 0 bridgehead atoms. The molecule has 5 heteroatoms. The zero-order valence-corrected chi connectivity index (χ0v) is 18.1. The van der Waals surface area contributed by atoms with Crippen molar-refractivity contribution < 1.29 is 9.59 Å². The summed E-state index contributed by atoms with van der Waals surface area (Å²) in [4.78, 5) is 27.8. The van der Waals surface area contributed by atoms with Crippen LogP contribution in [0.2, 0.25) is 5.02 Å². The Morgan fingerprint density at radius 1 is 1.00 bits per heavy atom. The van der Waals surface area contributed by atoms with Crippen LogP contribution in [-0.4, -0.2) is 29.3 Å². The average Bonchev–Trinajstić information content (AvgIpc) is 2.71. The van der Waals surface area contributed by atoms with Crippen LogP contribution in [0.25, 0.3) is 0 Å². The van der Waals surface area contributed by atoms with Crippen molar-refractivity contribution >= 4 is 23.4 Å². The number of nitrogens with zero attached hydrogens (tertiary/aromatic N) is 1. The van der Waals surface area contributed by atoms with E-state index in [2.05, 4.69) is 12.2 Å². The number of nitrogens with one attached hydrogen (secondary N) is 1. The SMILES string of the molecule is CCCCNC(=O)C(Cc1ccccc1)N(Cc1cccc(Cl)c1)C(=O)CCC. The summed E-state index contributed by atoms with van der Waals surface area (Å²) in [6.45, 7) is 5.04. The van der Waals surface area contributed by atoms with Crippen LogP contribution in [0.3, 0.4) is 0 Å². The highest BCUT2D eigenvalue weighted by Crippen LogP contribution is 2.18. The van der Waals surface area contributed by atoms with E-state index in [9.17, 15) is 9.59 Å². The Morgan fingerprint density at radius 2 is 1.72 bits per heavy atom. The molecule has 0 aliphatic heterocycles. The molecule has 1 atom stereocenters. The molecule has 1 N–H and O–H groups in total. The maximum Gasteiger partial charge on any atom is 0.243 e. The van der Waals surface area contributed by atoms with Crippen molar-refractivity contribution in [3.8, 4) is 0 Å². The predicted octanol–water partition coefficient (Wildman–Crippen LogP) is 5.00. The number of carbonyl (C=O) groups is 2. The molecule has 0 spiro atoms. The Morgan fingerprint density at radius 3 is 2.38 bits per heavy atom. The second-order valence-electron chi connectivity index (χ2n) is 7.25. The van der Waals surface area contributed by atoms with Gasteiger partial charge in [-0.1, -0.05) is 74.3 Å². The third-order valence-corrected chi connectivity index (χ3v) is 5.04. The first-order valence-electron chi connectivity index (χ1n) is 10.4. The van der Waals surface area contributed by atoms with Gasteiger partial charge >= 0.3 is 0 Å².